The first-order valence-electron chi connectivity index (χ1n) is 8.54. The van der Waals surface area contributed by atoms with Gasteiger partial charge < -0.3 is 10.3 Å². The van der Waals surface area contributed by atoms with Gasteiger partial charge in [-0.05, 0) is 30.2 Å². The maximum Gasteiger partial charge on any atom is 0.328 e. The molecule has 1 amide bonds. The fourth-order valence-electron chi connectivity index (χ4n) is 2.68. The van der Waals surface area contributed by atoms with Gasteiger partial charge >= 0.3 is 5.69 Å². The van der Waals surface area contributed by atoms with Crippen LogP contribution in [0.25, 0.3) is 0 Å². The molecule has 0 aliphatic heterocycles. The lowest BCUT2D eigenvalue weighted by Crippen LogP contribution is -2.41. The Kier molecular flexibility index (Phi) is 5.78. The standard InChI is InChI=1S/C20H17F2N3O3/c21-15-7-5-13(6-8-15)9-10-23-18(26)16-11-24-20(28)25(19(16)27)12-14-3-1-2-4-17(14)22/h1-8,11H,9-10,12H2,(H,23,26)(H,24,28). The Morgan fingerprint density at radius 2 is 1.75 bits per heavy atom. The highest BCUT2D eigenvalue weighted by molar-refractivity contribution is 5.93. The summed E-state index contributed by atoms with van der Waals surface area (Å²) in [6.07, 6.45) is 1.48. The van der Waals surface area contributed by atoms with Gasteiger partial charge in [0.25, 0.3) is 11.5 Å². The Bertz CT molecular complexity index is 1100. The first kappa shape index (κ1) is 19.2. The van der Waals surface area contributed by atoms with Gasteiger partial charge in [-0.1, -0.05) is 30.3 Å². The molecule has 0 bridgehead atoms. The summed E-state index contributed by atoms with van der Waals surface area (Å²) in [4.78, 5) is 39.2. The zero-order valence-corrected chi connectivity index (χ0v) is 14.7. The smallest absolute Gasteiger partial charge is 0.328 e. The number of carbonyl (C=O) groups excluding carboxylic acids is 1. The normalized spacial score (nSPS) is 10.6. The van der Waals surface area contributed by atoms with Crippen LogP contribution in [-0.4, -0.2) is 22.0 Å². The van der Waals surface area contributed by atoms with E-state index in [0.29, 0.717) is 6.42 Å². The van der Waals surface area contributed by atoms with Crippen molar-refractivity contribution in [2.75, 3.05) is 6.54 Å². The van der Waals surface area contributed by atoms with Gasteiger partial charge in [0, 0.05) is 18.3 Å². The van der Waals surface area contributed by atoms with Crippen molar-refractivity contribution in [2.45, 2.75) is 13.0 Å². The minimum absolute atomic E-state index is 0.156. The molecule has 0 aliphatic carbocycles. The monoisotopic (exact) mass is 385 g/mol. The van der Waals surface area contributed by atoms with Gasteiger partial charge in [-0.2, -0.15) is 0 Å². The van der Waals surface area contributed by atoms with Crippen LogP contribution in [0.15, 0.2) is 64.3 Å². The van der Waals surface area contributed by atoms with Gasteiger partial charge in [0.2, 0.25) is 0 Å². The van der Waals surface area contributed by atoms with Crippen LogP contribution in [0.2, 0.25) is 0 Å². The SMILES string of the molecule is O=C(NCCc1ccc(F)cc1)c1c[nH]c(=O)n(Cc2ccccc2F)c1=O. The lowest BCUT2D eigenvalue weighted by Gasteiger charge is -2.09. The van der Waals surface area contributed by atoms with Crippen molar-refractivity contribution >= 4 is 5.91 Å². The minimum Gasteiger partial charge on any atom is -0.351 e. The number of hydrogen-bond acceptors (Lipinski definition) is 3. The van der Waals surface area contributed by atoms with Gasteiger partial charge in [0.15, 0.2) is 0 Å². The van der Waals surface area contributed by atoms with E-state index < -0.39 is 23.0 Å². The van der Waals surface area contributed by atoms with Crippen molar-refractivity contribution in [3.63, 3.8) is 0 Å². The number of nitrogens with zero attached hydrogens (tertiary/aromatic N) is 1. The van der Waals surface area contributed by atoms with Crippen molar-refractivity contribution in [3.05, 3.63) is 104 Å². The van der Waals surface area contributed by atoms with Crippen LogP contribution in [0.3, 0.4) is 0 Å². The summed E-state index contributed by atoms with van der Waals surface area (Å²) in [7, 11) is 0. The van der Waals surface area contributed by atoms with Crippen molar-refractivity contribution in [1.82, 2.24) is 14.9 Å². The molecule has 0 saturated heterocycles. The third kappa shape index (κ3) is 4.40. The molecule has 8 heteroatoms. The highest BCUT2D eigenvalue weighted by Crippen LogP contribution is 2.06. The Morgan fingerprint density at radius 3 is 2.46 bits per heavy atom. The Labute approximate surface area is 158 Å². The molecular formula is C20H17F2N3O3. The molecule has 144 valence electrons. The second-order valence-electron chi connectivity index (χ2n) is 6.12. The first-order chi connectivity index (χ1) is 13.5. The molecule has 3 aromatic rings. The molecule has 2 N–H and O–H groups in total. The number of nitrogens with one attached hydrogen (secondary N) is 2. The third-order valence-corrected chi connectivity index (χ3v) is 4.20. The summed E-state index contributed by atoms with van der Waals surface area (Å²) in [5.41, 5.74) is -0.832. The van der Waals surface area contributed by atoms with Gasteiger partial charge in [0.1, 0.15) is 17.2 Å². The van der Waals surface area contributed by atoms with Gasteiger partial charge in [0.05, 0.1) is 6.54 Å². The highest BCUT2D eigenvalue weighted by atomic mass is 19.1. The van der Waals surface area contributed by atoms with E-state index in [1.54, 1.807) is 18.2 Å². The first-order valence-corrected chi connectivity index (χ1v) is 8.54. The molecular weight excluding hydrogens is 368 g/mol. The predicted molar refractivity (Wildman–Crippen MR) is 99.3 cm³/mol. The number of benzene rings is 2. The van der Waals surface area contributed by atoms with Crippen LogP contribution in [0.4, 0.5) is 8.78 Å². The van der Waals surface area contributed by atoms with Crippen LogP contribution in [0, 0.1) is 11.6 Å². The van der Waals surface area contributed by atoms with E-state index in [1.165, 1.54) is 30.3 Å². The molecule has 1 aromatic heterocycles. The number of aromatic amines is 1. The fourth-order valence-corrected chi connectivity index (χ4v) is 2.68. The van der Waals surface area contributed by atoms with E-state index in [1.807, 2.05) is 0 Å². The summed E-state index contributed by atoms with van der Waals surface area (Å²) in [5.74, 6) is -1.56. The molecule has 3 rings (SSSR count). The molecule has 6 nitrogen and oxygen atoms in total. The molecule has 0 fully saturated rings. The number of hydrogen-bond donors (Lipinski definition) is 2. The van der Waals surface area contributed by atoms with Crippen LogP contribution in [0.1, 0.15) is 21.5 Å². The molecule has 28 heavy (non-hydrogen) atoms. The molecule has 0 saturated carbocycles. The second kappa shape index (κ2) is 8.43. The summed E-state index contributed by atoms with van der Waals surface area (Å²) in [5, 5.41) is 2.58. The molecule has 0 spiro atoms. The Balaban J connectivity index is 1.74. The maximum absolute atomic E-state index is 13.8. The quantitative estimate of drug-likeness (QED) is 0.679. The summed E-state index contributed by atoms with van der Waals surface area (Å²) < 4.78 is 27.5. The molecule has 0 atom stereocenters. The number of H-pyrrole nitrogens is 1. The van der Waals surface area contributed by atoms with E-state index in [0.717, 1.165) is 16.3 Å². The number of amides is 1. The Hall–Kier alpha value is -3.55. The molecule has 0 unspecified atom stereocenters. The van der Waals surface area contributed by atoms with Gasteiger partial charge in [-0.3, -0.25) is 14.2 Å². The van der Waals surface area contributed by atoms with Crippen LogP contribution >= 0.6 is 0 Å². The lowest BCUT2D eigenvalue weighted by atomic mass is 10.1. The van der Waals surface area contributed by atoms with Crippen molar-refractivity contribution in [1.29, 1.82) is 0 Å². The molecule has 1 heterocycles. The predicted octanol–water partition coefficient (Wildman–Crippen LogP) is 1.84. The minimum atomic E-state index is -0.814. The van der Waals surface area contributed by atoms with E-state index in [4.69, 9.17) is 0 Å². The third-order valence-electron chi connectivity index (χ3n) is 4.20. The molecule has 0 radical (unpaired) electrons. The van der Waals surface area contributed by atoms with Gasteiger partial charge in [-0.25, -0.2) is 13.6 Å². The van der Waals surface area contributed by atoms with Crippen LogP contribution in [0.5, 0.6) is 0 Å². The average molecular weight is 385 g/mol. The van der Waals surface area contributed by atoms with E-state index in [9.17, 15) is 23.2 Å². The summed E-state index contributed by atoms with van der Waals surface area (Å²) in [6.45, 7) is -0.0755. The van der Waals surface area contributed by atoms with Crippen molar-refractivity contribution < 1.29 is 13.6 Å². The van der Waals surface area contributed by atoms with E-state index in [-0.39, 0.29) is 30.0 Å². The zero-order chi connectivity index (χ0) is 20.1. The number of rotatable bonds is 6. The average Bonchev–Trinajstić information content (AvgIpc) is 2.68. The molecule has 0 aliphatic rings. The molecule has 2 aromatic carbocycles. The largest absolute Gasteiger partial charge is 0.351 e. The summed E-state index contributed by atoms with van der Waals surface area (Å²) >= 11 is 0. The van der Waals surface area contributed by atoms with Crippen LogP contribution in [-0.2, 0) is 13.0 Å². The second-order valence-corrected chi connectivity index (χ2v) is 6.12. The number of halogens is 2. The topological polar surface area (TPSA) is 84.0 Å². The highest BCUT2D eigenvalue weighted by Gasteiger charge is 2.15. The van der Waals surface area contributed by atoms with Crippen molar-refractivity contribution in [2.24, 2.45) is 0 Å². The lowest BCUT2D eigenvalue weighted by molar-refractivity contribution is 0.0951. The zero-order valence-electron chi connectivity index (χ0n) is 14.7. The summed E-state index contributed by atoms with van der Waals surface area (Å²) in [6, 6.07) is 11.6. The fraction of sp³-hybridized carbons (Fsp3) is 0.150. The van der Waals surface area contributed by atoms with E-state index >= 15 is 0 Å². The van der Waals surface area contributed by atoms with E-state index in [2.05, 4.69) is 10.3 Å². The number of aromatic nitrogens is 2. The van der Waals surface area contributed by atoms with Gasteiger partial charge in [-0.15, -0.1) is 0 Å². The van der Waals surface area contributed by atoms with Crippen molar-refractivity contribution in [3.8, 4) is 0 Å². The number of carbonyl (C=O) groups is 1. The maximum atomic E-state index is 13.8. The van der Waals surface area contributed by atoms with Crippen LogP contribution < -0.4 is 16.6 Å². The Morgan fingerprint density at radius 1 is 1.04 bits per heavy atom.